The molecule has 1 aliphatic heterocycles. The minimum absolute atomic E-state index is 0.0993. The Bertz CT molecular complexity index is 730. The van der Waals surface area contributed by atoms with Gasteiger partial charge in [-0.15, -0.1) is 10.2 Å². The first kappa shape index (κ1) is 19.4. The van der Waals surface area contributed by atoms with Crippen LogP contribution in [0.5, 0.6) is 0 Å². The molecule has 0 saturated carbocycles. The normalized spacial score (nSPS) is 16.3. The van der Waals surface area contributed by atoms with E-state index in [-0.39, 0.29) is 5.54 Å². The van der Waals surface area contributed by atoms with Gasteiger partial charge in [-0.3, -0.25) is 14.5 Å². The summed E-state index contributed by atoms with van der Waals surface area (Å²) in [5.74, 6) is 1.63. The van der Waals surface area contributed by atoms with Crippen LogP contribution in [0.1, 0.15) is 38.9 Å². The molecule has 0 amide bonds. The molecule has 7 nitrogen and oxygen atoms in total. The van der Waals surface area contributed by atoms with Gasteiger partial charge in [0.15, 0.2) is 11.8 Å². The van der Waals surface area contributed by atoms with E-state index in [1.165, 1.54) is 32.4 Å². The number of aliphatic imine (C=N–C) groups is 1. The van der Waals surface area contributed by atoms with Crippen LogP contribution in [0.3, 0.4) is 0 Å². The minimum atomic E-state index is 0.0993. The van der Waals surface area contributed by atoms with Crippen molar-refractivity contribution >= 4 is 5.96 Å². The first-order valence-electron chi connectivity index (χ1n) is 9.74. The van der Waals surface area contributed by atoms with Crippen LogP contribution < -0.4 is 10.6 Å². The molecule has 0 spiro atoms. The first-order chi connectivity index (χ1) is 13.1. The Hall–Kier alpha value is -2.41. The molecule has 1 aromatic carbocycles. The number of rotatable bonds is 6. The quantitative estimate of drug-likeness (QED) is 0.603. The van der Waals surface area contributed by atoms with Crippen LogP contribution >= 0.6 is 0 Å². The monoisotopic (exact) mass is 369 g/mol. The van der Waals surface area contributed by atoms with Crippen LogP contribution in [0.25, 0.3) is 5.69 Å². The molecule has 1 aliphatic rings. The molecular formula is C20H31N7. The van der Waals surface area contributed by atoms with Crippen LogP contribution in [0.15, 0.2) is 41.7 Å². The summed E-state index contributed by atoms with van der Waals surface area (Å²) in [4.78, 5) is 6.93. The molecule has 1 aromatic heterocycles. The van der Waals surface area contributed by atoms with Gasteiger partial charge < -0.3 is 10.6 Å². The van der Waals surface area contributed by atoms with Crippen LogP contribution in [-0.4, -0.2) is 57.8 Å². The van der Waals surface area contributed by atoms with E-state index < -0.39 is 0 Å². The van der Waals surface area contributed by atoms with E-state index in [4.69, 9.17) is 0 Å². The van der Waals surface area contributed by atoms with Gasteiger partial charge in [-0.1, -0.05) is 24.6 Å². The van der Waals surface area contributed by atoms with Gasteiger partial charge in [0.05, 0.1) is 6.54 Å². The standard InChI is InChI=1S/C20H31N7/c1-20(2,26-12-8-5-9-13-26)15-23-19(21-3)22-14-18-25-24-16-27(18)17-10-6-4-7-11-17/h4,6-7,10-11,16H,5,8-9,12-15H2,1-3H3,(H2,21,22,23). The van der Waals surface area contributed by atoms with Gasteiger partial charge in [-0.05, 0) is 51.9 Å². The smallest absolute Gasteiger partial charge is 0.191 e. The third kappa shape index (κ3) is 5.07. The number of aromatic nitrogens is 3. The lowest BCUT2D eigenvalue weighted by Gasteiger charge is -2.41. The fraction of sp³-hybridized carbons (Fsp3) is 0.550. The Kier molecular flexibility index (Phi) is 6.45. The summed E-state index contributed by atoms with van der Waals surface area (Å²) in [7, 11) is 1.80. The van der Waals surface area contributed by atoms with Gasteiger partial charge >= 0.3 is 0 Å². The van der Waals surface area contributed by atoms with E-state index in [1.54, 1.807) is 13.4 Å². The van der Waals surface area contributed by atoms with Crippen molar-refractivity contribution < 1.29 is 0 Å². The average Bonchev–Trinajstić information content (AvgIpc) is 3.18. The Morgan fingerprint density at radius 1 is 1.11 bits per heavy atom. The zero-order valence-electron chi connectivity index (χ0n) is 16.6. The third-order valence-electron chi connectivity index (χ3n) is 5.19. The molecule has 0 radical (unpaired) electrons. The minimum Gasteiger partial charge on any atom is -0.355 e. The van der Waals surface area contributed by atoms with Crippen molar-refractivity contribution in [1.29, 1.82) is 0 Å². The molecule has 0 bridgehead atoms. The lowest BCUT2D eigenvalue weighted by Crippen LogP contribution is -2.54. The number of likely N-dealkylation sites (tertiary alicyclic amines) is 1. The average molecular weight is 370 g/mol. The maximum absolute atomic E-state index is 4.36. The number of guanidine groups is 1. The Balaban J connectivity index is 1.55. The van der Waals surface area contributed by atoms with E-state index >= 15 is 0 Å². The summed E-state index contributed by atoms with van der Waals surface area (Å²) in [6.45, 7) is 8.35. The number of para-hydroxylation sites is 1. The molecule has 27 heavy (non-hydrogen) atoms. The van der Waals surface area contributed by atoms with Crippen molar-refractivity contribution in [2.45, 2.75) is 45.2 Å². The highest BCUT2D eigenvalue weighted by atomic mass is 15.3. The lowest BCUT2D eigenvalue weighted by molar-refractivity contribution is 0.0982. The molecule has 2 heterocycles. The Morgan fingerprint density at radius 2 is 1.85 bits per heavy atom. The fourth-order valence-electron chi connectivity index (χ4n) is 3.48. The van der Waals surface area contributed by atoms with Gasteiger partial charge in [-0.2, -0.15) is 0 Å². The summed E-state index contributed by atoms with van der Waals surface area (Å²) in [6, 6.07) is 10.1. The molecule has 0 unspecified atom stereocenters. The zero-order chi connectivity index (χ0) is 19.1. The Morgan fingerprint density at radius 3 is 2.56 bits per heavy atom. The zero-order valence-corrected chi connectivity index (χ0v) is 16.6. The number of hydrogen-bond acceptors (Lipinski definition) is 4. The number of benzene rings is 1. The van der Waals surface area contributed by atoms with E-state index in [2.05, 4.69) is 44.6 Å². The van der Waals surface area contributed by atoms with Crippen molar-refractivity contribution in [2.24, 2.45) is 4.99 Å². The highest BCUT2D eigenvalue weighted by molar-refractivity contribution is 5.79. The second-order valence-electron chi connectivity index (χ2n) is 7.59. The Labute approximate surface area is 161 Å². The number of piperidine rings is 1. The number of nitrogens with one attached hydrogen (secondary N) is 2. The molecular weight excluding hydrogens is 338 g/mol. The van der Waals surface area contributed by atoms with Crippen molar-refractivity contribution in [3.8, 4) is 5.69 Å². The number of nitrogens with zero attached hydrogens (tertiary/aromatic N) is 5. The molecule has 1 fully saturated rings. The SMILES string of the molecule is CN=C(NCc1nncn1-c1ccccc1)NCC(C)(C)N1CCCCC1. The van der Waals surface area contributed by atoms with Crippen LogP contribution in [-0.2, 0) is 6.54 Å². The summed E-state index contributed by atoms with van der Waals surface area (Å²) in [5, 5.41) is 15.1. The van der Waals surface area contributed by atoms with Crippen molar-refractivity contribution in [1.82, 2.24) is 30.3 Å². The van der Waals surface area contributed by atoms with Crippen LogP contribution in [0.2, 0.25) is 0 Å². The van der Waals surface area contributed by atoms with Crippen molar-refractivity contribution in [3.63, 3.8) is 0 Å². The largest absolute Gasteiger partial charge is 0.355 e. The summed E-state index contributed by atoms with van der Waals surface area (Å²) in [6.07, 6.45) is 5.68. The topological polar surface area (TPSA) is 70.4 Å². The molecule has 3 rings (SSSR count). The number of hydrogen-bond donors (Lipinski definition) is 2. The van der Waals surface area contributed by atoms with E-state index in [0.717, 1.165) is 24.0 Å². The van der Waals surface area contributed by atoms with Crippen molar-refractivity contribution in [2.75, 3.05) is 26.7 Å². The molecule has 2 aromatic rings. The summed E-state index contributed by atoms with van der Waals surface area (Å²) >= 11 is 0. The fourth-order valence-corrected chi connectivity index (χ4v) is 3.48. The highest BCUT2D eigenvalue weighted by Gasteiger charge is 2.27. The first-order valence-corrected chi connectivity index (χ1v) is 9.74. The third-order valence-corrected chi connectivity index (χ3v) is 5.19. The molecule has 2 N–H and O–H groups in total. The van der Waals surface area contributed by atoms with Crippen LogP contribution in [0.4, 0.5) is 0 Å². The van der Waals surface area contributed by atoms with Gasteiger partial charge in [-0.25, -0.2) is 0 Å². The maximum Gasteiger partial charge on any atom is 0.191 e. The molecule has 0 atom stereocenters. The van der Waals surface area contributed by atoms with Gasteiger partial charge in [0.2, 0.25) is 0 Å². The maximum atomic E-state index is 4.36. The predicted molar refractivity (Wildman–Crippen MR) is 109 cm³/mol. The molecule has 146 valence electrons. The second-order valence-corrected chi connectivity index (χ2v) is 7.59. The van der Waals surface area contributed by atoms with E-state index in [0.29, 0.717) is 6.54 Å². The van der Waals surface area contributed by atoms with Crippen LogP contribution in [0, 0.1) is 0 Å². The molecule has 0 aliphatic carbocycles. The lowest BCUT2D eigenvalue weighted by atomic mass is 9.98. The van der Waals surface area contributed by atoms with E-state index in [1.807, 2.05) is 34.9 Å². The second kappa shape index (κ2) is 8.99. The van der Waals surface area contributed by atoms with Crippen molar-refractivity contribution in [3.05, 3.63) is 42.5 Å². The highest BCUT2D eigenvalue weighted by Crippen LogP contribution is 2.19. The summed E-state index contributed by atoms with van der Waals surface area (Å²) < 4.78 is 1.98. The van der Waals surface area contributed by atoms with Gasteiger partial charge in [0.25, 0.3) is 0 Å². The summed E-state index contributed by atoms with van der Waals surface area (Å²) in [5.41, 5.74) is 1.15. The predicted octanol–water partition coefficient (Wildman–Crippen LogP) is 2.20. The van der Waals surface area contributed by atoms with Gasteiger partial charge in [0, 0.05) is 24.8 Å². The van der Waals surface area contributed by atoms with Gasteiger partial charge in [0.1, 0.15) is 6.33 Å². The molecule has 7 heteroatoms. The van der Waals surface area contributed by atoms with E-state index in [9.17, 15) is 0 Å². The molecule has 1 saturated heterocycles.